The molecule has 1 aliphatic heterocycles. The second kappa shape index (κ2) is 8.51. The van der Waals surface area contributed by atoms with Crippen molar-refractivity contribution in [2.24, 2.45) is 5.73 Å². The molecule has 8 heteroatoms. The molecule has 3 fully saturated rings. The zero-order valence-electron chi connectivity index (χ0n) is 16.5. The molecule has 3 aliphatic rings. The third-order valence-corrected chi connectivity index (χ3v) is 6.24. The zero-order chi connectivity index (χ0) is 20.4. The van der Waals surface area contributed by atoms with E-state index in [0.717, 1.165) is 44.2 Å². The minimum absolute atomic E-state index is 0.0803. The summed E-state index contributed by atoms with van der Waals surface area (Å²) in [4.78, 5) is 40.9. The quantitative estimate of drug-likeness (QED) is 0.670. The van der Waals surface area contributed by atoms with Gasteiger partial charge in [-0.15, -0.1) is 0 Å². The van der Waals surface area contributed by atoms with Crippen LogP contribution in [0.5, 0.6) is 0 Å². The number of nitrogens with two attached hydrogens (primary N) is 1. The molecule has 3 amide bonds. The summed E-state index contributed by atoms with van der Waals surface area (Å²) in [6.07, 6.45) is 6.29. The maximum atomic E-state index is 13.0. The molecular weight excluding hydrogens is 372 g/mol. The lowest BCUT2D eigenvalue weighted by atomic mass is 9.83. The molecule has 1 aromatic rings. The average Bonchev–Trinajstić information content (AvgIpc) is 2.60. The van der Waals surface area contributed by atoms with Crippen LogP contribution in [0.3, 0.4) is 0 Å². The van der Waals surface area contributed by atoms with E-state index in [9.17, 15) is 14.4 Å². The Morgan fingerprint density at radius 1 is 1.10 bits per heavy atom. The van der Waals surface area contributed by atoms with Gasteiger partial charge >= 0.3 is 0 Å². The molecule has 2 saturated carbocycles. The van der Waals surface area contributed by atoms with Crippen LogP contribution in [0.1, 0.15) is 38.5 Å². The molecule has 0 spiro atoms. The number of hydrogen-bond donors (Lipinski definition) is 2. The molecule has 8 nitrogen and oxygen atoms in total. The molecule has 0 unspecified atom stereocenters. The fourth-order valence-corrected chi connectivity index (χ4v) is 4.23. The highest BCUT2D eigenvalue weighted by Crippen LogP contribution is 2.35. The normalized spacial score (nSPS) is 21.4. The maximum absolute atomic E-state index is 13.0. The van der Waals surface area contributed by atoms with Gasteiger partial charge in [0.2, 0.25) is 5.91 Å². The molecule has 1 heterocycles. The van der Waals surface area contributed by atoms with Crippen molar-refractivity contribution in [1.82, 2.24) is 4.90 Å². The third kappa shape index (κ3) is 4.13. The van der Waals surface area contributed by atoms with E-state index in [1.807, 2.05) is 0 Å². The van der Waals surface area contributed by atoms with E-state index < -0.39 is 11.9 Å². The zero-order valence-corrected chi connectivity index (χ0v) is 16.5. The number of hydrogen-bond acceptors (Lipinski definition) is 5. The second-order valence-corrected chi connectivity index (χ2v) is 8.06. The van der Waals surface area contributed by atoms with Gasteiger partial charge in [-0.05, 0) is 49.9 Å². The molecule has 2 aliphatic carbocycles. The fraction of sp³-hybridized carbons (Fsp3) is 0.571. The molecule has 29 heavy (non-hydrogen) atoms. The first-order chi connectivity index (χ1) is 14.0. The van der Waals surface area contributed by atoms with Crippen LogP contribution in [0.25, 0.3) is 0 Å². The number of nitrogens with zero attached hydrogens (tertiary/aromatic N) is 2. The van der Waals surface area contributed by atoms with Gasteiger partial charge in [-0.3, -0.25) is 19.3 Å². The number of amides is 3. The summed E-state index contributed by atoms with van der Waals surface area (Å²) in [6, 6.07) is 6.63. The Hall–Kier alpha value is -2.45. The van der Waals surface area contributed by atoms with Gasteiger partial charge in [0.25, 0.3) is 11.8 Å². The highest BCUT2D eigenvalue weighted by molar-refractivity contribution is 6.09. The summed E-state index contributed by atoms with van der Waals surface area (Å²) in [5, 5.41) is 2.84. The molecule has 1 atom stereocenters. The number of ether oxygens (including phenoxy) is 1. The van der Waals surface area contributed by atoms with Crippen molar-refractivity contribution in [1.29, 1.82) is 0 Å². The number of carbonyl (C=O) groups is 3. The van der Waals surface area contributed by atoms with Crippen molar-refractivity contribution >= 4 is 29.1 Å². The third-order valence-electron chi connectivity index (χ3n) is 6.24. The Labute approximate surface area is 170 Å². The summed E-state index contributed by atoms with van der Waals surface area (Å²) in [5.41, 5.74) is 7.00. The number of nitrogens with one attached hydrogen (secondary N) is 1. The SMILES string of the molecule is NC(=O)[C@@H](C(=O)Nc1ccc(N2CCOCC2=O)cc1)N(C1CCC1)C1CCC1. The van der Waals surface area contributed by atoms with E-state index in [2.05, 4.69) is 10.2 Å². The molecular formula is C21H28N4O4. The molecule has 0 bridgehead atoms. The first kappa shape index (κ1) is 19.8. The Balaban J connectivity index is 1.46. The number of morpholine rings is 1. The standard InChI is InChI=1S/C21H28N4O4/c22-20(27)19(25(16-3-1-4-16)17-5-2-6-17)21(28)23-14-7-9-15(10-8-14)24-11-12-29-13-18(24)26/h7-10,16-17,19H,1-6,11-13H2,(H2,22,27)(H,23,28)/t19-/m0/s1. The largest absolute Gasteiger partial charge is 0.370 e. The van der Waals surface area contributed by atoms with E-state index in [4.69, 9.17) is 10.5 Å². The highest BCUT2D eigenvalue weighted by Gasteiger charge is 2.43. The van der Waals surface area contributed by atoms with Gasteiger partial charge in [0.05, 0.1) is 6.61 Å². The van der Waals surface area contributed by atoms with Crippen molar-refractivity contribution in [3.05, 3.63) is 24.3 Å². The van der Waals surface area contributed by atoms with Crippen LogP contribution in [0.2, 0.25) is 0 Å². The minimum Gasteiger partial charge on any atom is -0.370 e. The van der Waals surface area contributed by atoms with Crippen LogP contribution in [0.4, 0.5) is 11.4 Å². The molecule has 0 aromatic heterocycles. The van der Waals surface area contributed by atoms with E-state index in [0.29, 0.717) is 18.8 Å². The van der Waals surface area contributed by atoms with E-state index in [1.165, 1.54) is 0 Å². The Kier molecular flexibility index (Phi) is 5.82. The number of primary amides is 1. The van der Waals surface area contributed by atoms with Gasteiger partial charge in [0.15, 0.2) is 6.04 Å². The smallest absolute Gasteiger partial charge is 0.253 e. The van der Waals surface area contributed by atoms with Crippen molar-refractivity contribution in [2.75, 3.05) is 30.0 Å². The van der Waals surface area contributed by atoms with Gasteiger partial charge in [-0.2, -0.15) is 0 Å². The van der Waals surface area contributed by atoms with Crippen LogP contribution in [0.15, 0.2) is 24.3 Å². The van der Waals surface area contributed by atoms with Crippen LogP contribution in [-0.2, 0) is 19.1 Å². The lowest BCUT2D eigenvalue weighted by Crippen LogP contribution is -2.62. The second-order valence-electron chi connectivity index (χ2n) is 8.06. The summed E-state index contributed by atoms with van der Waals surface area (Å²) >= 11 is 0. The first-order valence-electron chi connectivity index (χ1n) is 10.4. The van der Waals surface area contributed by atoms with Crippen molar-refractivity contribution in [3.8, 4) is 0 Å². The molecule has 4 rings (SSSR count). The predicted octanol–water partition coefficient (Wildman–Crippen LogP) is 1.25. The molecule has 156 valence electrons. The summed E-state index contributed by atoms with van der Waals surface area (Å²) < 4.78 is 5.15. The van der Waals surface area contributed by atoms with E-state index in [-0.39, 0.29) is 30.5 Å². The van der Waals surface area contributed by atoms with Crippen LogP contribution in [0, 0.1) is 0 Å². The maximum Gasteiger partial charge on any atom is 0.253 e. The molecule has 0 radical (unpaired) electrons. The van der Waals surface area contributed by atoms with Crippen LogP contribution < -0.4 is 16.0 Å². The van der Waals surface area contributed by atoms with Crippen LogP contribution >= 0.6 is 0 Å². The number of carbonyl (C=O) groups excluding carboxylic acids is 3. The average molecular weight is 400 g/mol. The summed E-state index contributed by atoms with van der Waals surface area (Å²) in [7, 11) is 0. The number of rotatable bonds is 7. The van der Waals surface area contributed by atoms with Gasteiger partial charge in [0, 0.05) is 30.0 Å². The van der Waals surface area contributed by atoms with Gasteiger partial charge in [-0.25, -0.2) is 0 Å². The summed E-state index contributed by atoms with van der Waals surface area (Å²) in [6.45, 7) is 1.09. The first-order valence-corrected chi connectivity index (χ1v) is 10.4. The topological polar surface area (TPSA) is 105 Å². The summed E-state index contributed by atoms with van der Waals surface area (Å²) in [5.74, 6) is -1.07. The van der Waals surface area contributed by atoms with Crippen molar-refractivity contribution < 1.29 is 19.1 Å². The van der Waals surface area contributed by atoms with Crippen LogP contribution in [-0.4, -0.2) is 60.5 Å². The van der Waals surface area contributed by atoms with Gasteiger partial charge in [-0.1, -0.05) is 12.8 Å². The lowest BCUT2D eigenvalue weighted by molar-refractivity contribution is -0.138. The molecule has 1 aromatic carbocycles. The Morgan fingerprint density at radius 3 is 2.21 bits per heavy atom. The number of benzene rings is 1. The van der Waals surface area contributed by atoms with Gasteiger partial charge in [0.1, 0.15) is 6.61 Å². The monoisotopic (exact) mass is 400 g/mol. The van der Waals surface area contributed by atoms with E-state index >= 15 is 0 Å². The van der Waals surface area contributed by atoms with E-state index in [1.54, 1.807) is 29.2 Å². The lowest BCUT2D eigenvalue weighted by Gasteiger charge is -2.48. The fourth-order valence-electron chi connectivity index (χ4n) is 4.23. The molecule has 1 saturated heterocycles. The number of anilines is 2. The van der Waals surface area contributed by atoms with Crippen molar-refractivity contribution in [3.63, 3.8) is 0 Å². The van der Waals surface area contributed by atoms with Gasteiger partial charge < -0.3 is 20.7 Å². The Morgan fingerprint density at radius 2 is 1.72 bits per heavy atom. The molecule has 3 N–H and O–H groups in total. The minimum atomic E-state index is -0.953. The highest BCUT2D eigenvalue weighted by atomic mass is 16.5. The van der Waals surface area contributed by atoms with Crippen molar-refractivity contribution in [2.45, 2.75) is 56.7 Å². The Bertz CT molecular complexity index is 759. The predicted molar refractivity (Wildman–Crippen MR) is 108 cm³/mol.